The molecular weight excluding hydrogens is 667 g/mol. The third-order valence-electron chi connectivity index (χ3n) is 11.9. The van der Waals surface area contributed by atoms with E-state index in [-0.39, 0.29) is 5.41 Å². The highest BCUT2D eigenvalue weighted by atomic mass is 16.3. The molecule has 55 heavy (non-hydrogen) atoms. The standard InChI is InChI=1S/C53H37NO/c1-53(2)48-16-8-7-14-45(48)46-31-29-42(33-49(46)53)54(40-25-20-35(21-26-40)39-19-18-34-10-3-4-12-38(34)32-39)41-27-22-37(23-28-41)43-15-9-17-50-51(43)47-30-24-36-11-5-6-13-44(36)52(47)55-50/h3-33H,1-2H3. The lowest BCUT2D eigenvalue weighted by atomic mass is 9.82. The number of nitrogens with zero attached hydrogens (tertiary/aromatic N) is 1. The summed E-state index contributed by atoms with van der Waals surface area (Å²) in [7, 11) is 0. The zero-order valence-corrected chi connectivity index (χ0v) is 30.8. The Balaban J connectivity index is 1.03. The maximum Gasteiger partial charge on any atom is 0.143 e. The van der Waals surface area contributed by atoms with Gasteiger partial charge in [0, 0.05) is 38.6 Å². The minimum Gasteiger partial charge on any atom is -0.455 e. The van der Waals surface area contributed by atoms with Crippen molar-refractivity contribution in [2.24, 2.45) is 0 Å². The van der Waals surface area contributed by atoms with Crippen molar-refractivity contribution in [1.82, 2.24) is 0 Å². The van der Waals surface area contributed by atoms with E-state index in [9.17, 15) is 0 Å². The van der Waals surface area contributed by atoms with Gasteiger partial charge in [-0.2, -0.15) is 0 Å². The zero-order chi connectivity index (χ0) is 36.7. The van der Waals surface area contributed by atoms with E-state index in [0.29, 0.717) is 0 Å². The summed E-state index contributed by atoms with van der Waals surface area (Å²) in [4.78, 5) is 2.40. The van der Waals surface area contributed by atoms with Crippen LogP contribution >= 0.6 is 0 Å². The van der Waals surface area contributed by atoms with Gasteiger partial charge in [0.2, 0.25) is 0 Å². The van der Waals surface area contributed by atoms with Crippen LogP contribution in [-0.2, 0) is 5.41 Å². The minimum absolute atomic E-state index is 0.102. The van der Waals surface area contributed by atoms with E-state index in [4.69, 9.17) is 4.42 Å². The Bertz CT molecular complexity index is 3110. The molecule has 0 aliphatic heterocycles. The predicted octanol–water partition coefficient (Wildman–Crippen LogP) is 15.0. The first-order chi connectivity index (χ1) is 27.0. The molecule has 9 aromatic carbocycles. The molecule has 1 aliphatic carbocycles. The molecule has 2 heteroatoms. The smallest absolute Gasteiger partial charge is 0.143 e. The maximum absolute atomic E-state index is 6.54. The summed E-state index contributed by atoms with van der Waals surface area (Å²) in [5, 5.41) is 7.12. The van der Waals surface area contributed by atoms with Crippen LogP contribution in [0.4, 0.5) is 17.1 Å². The van der Waals surface area contributed by atoms with Gasteiger partial charge in [0.05, 0.1) is 0 Å². The molecule has 0 amide bonds. The second-order valence-corrected chi connectivity index (χ2v) is 15.3. The number of hydrogen-bond donors (Lipinski definition) is 0. The van der Waals surface area contributed by atoms with Gasteiger partial charge in [0.15, 0.2) is 0 Å². The first-order valence-electron chi connectivity index (χ1n) is 19.1. The van der Waals surface area contributed by atoms with E-state index in [1.165, 1.54) is 55.1 Å². The Labute approximate surface area is 320 Å². The molecule has 0 unspecified atom stereocenters. The molecule has 0 saturated heterocycles. The van der Waals surface area contributed by atoms with Crippen molar-refractivity contribution in [3.63, 3.8) is 0 Å². The molecule has 2 nitrogen and oxygen atoms in total. The van der Waals surface area contributed by atoms with Crippen LogP contribution in [-0.4, -0.2) is 0 Å². The molecule has 0 N–H and O–H groups in total. The van der Waals surface area contributed by atoms with E-state index in [0.717, 1.165) is 50.0 Å². The third-order valence-corrected chi connectivity index (χ3v) is 11.9. The molecular formula is C53H37NO. The van der Waals surface area contributed by atoms with E-state index in [1.54, 1.807) is 0 Å². The molecule has 0 bridgehead atoms. The van der Waals surface area contributed by atoms with E-state index >= 15 is 0 Å². The molecule has 260 valence electrons. The quantitative estimate of drug-likeness (QED) is 0.177. The second kappa shape index (κ2) is 12.1. The van der Waals surface area contributed by atoms with Gasteiger partial charge in [-0.1, -0.05) is 147 Å². The Hall–Kier alpha value is -6.90. The van der Waals surface area contributed by atoms with Crippen molar-refractivity contribution >= 4 is 60.5 Å². The fourth-order valence-electron chi connectivity index (χ4n) is 9.03. The van der Waals surface area contributed by atoms with Crippen LogP contribution in [0.5, 0.6) is 0 Å². The van der Waals surface area contributed by atoms with Crippen molar-refractivity contribution in [3.05, 3.63) is 199 Å². The van der Waals surface area contributed by atoms with E-state index in [2.05, 4.69) is 207 Å². The van der Waals surface area contributed by atoms with Gasteiger partial charge in [-0.25, -0.2) is 0 Å². The van der Waals surface area contributed by atoms with Crippen molar-refractivity contribution in [3.8, 4) is 33.4 Å². The predicted molar refractivity (Wildman–Crippen MR) is 232 cm³/mol. The highest BCUT2D eigenvalue weighted by molar-refractivity contribution is 6.19. The first kappa shape index (κ1) is 31.6. The lowest BCUT2D eigenvalue weighted by Crippen LogP contribution is -2.16. The van der Waals surface area contributed by atoms with Crippen LogP contribution < -0.4 is 4.90 Å². The summed E-state index contributed by atoms with van der Waals surface area (Å²) >= 11 is 0. The number of fused-ring (bicyclic) bond motifs is 9. The third kappa shape index (κ3) is 4.95. The lowest BCUT2D eigenvalue weighted by molar-refractivity contribution is 0.660. The lowest BCUT2D eigenvalue weighted by Gasteiger charge is -2.28. The molecule has 0 saturated carbocycles. The fourth-order valence-corrected chi connectivity index (χ4v) is 9.03. The molecule has 1 aliphatic rings. The molecule has 0 fully saturated rings. The average Bonchev–Trinajstić information content (AvgIpc) is 3.74. The Morgan fingerprint density at radius 2 is 1.02 bits per heavy atom. The van der Waals surface area contributed by atoms with Crippen LogP contribution in [0, 0.1) is 0 Å². The second-order valence-electron chi connectivity index (χ2n) is 15.3. The largest absolute Gasteiger partial charge is 0.455 e. The molecule has 10 aromatic rings. The summed E-state index contributed by atoms with van der Waals surface area (Å²) < 4.78 is 6.54. The highest BCUT2D eigenvalue weighted by Crippen LogP contribution is 2.51. The summed E-state index contributed by atoms with van der Waals surface area (Å²) in [6, 6.07) is 68.4. The number of benzene rings is 9. The first-order valence-corrected chi connectivity index (χ1v) is 19.1. The number of rotatable bonds is 5. The number of anilines is 3. The molecule has 1 aromatic heterocycles. The monoisotopic (exact) mass is 703 g/mol. The molecule has 0 radical (unpaired) electrons. The highest BCUT2D eigenvalue weighted by Gasteiger charge is 2.35. The maximum atomic E-state index is 6.54. The van der Waals surface area contributed by atoms with Gasteiger partial charge in [-0.3, -0.25) is 0 Å². The Morgan fingerprint density at radius 1 is 0.400 bits per heavy atom. The van der Waals surface area contributed by atoms with Crippen LogP contribution in [0.15, 0.2) is 192 Å². The van der Waals surface area contributed by atoms with Crippen molar-refractivity contribution in [2.45, 2.75) is 19.3 Å². The average molecular weight is 704 g/mol. The van der Waals surface area contributed by atoms with Gasteiger partial charge in [-0.15, -0.1) is 0 Å². The minimum atomic E-state index is -0.102. The summed E-state index contributed by atoms with van der Waals surface area (Å²) in [5.41, 5.74) is 15.2. The fraction of sp³-hybridized carbons (Fsp3) is 0.0566. The molecule has 11 rings (SSSR count). The summed E-state index contributed by atoms with van der Waals surface area (Å²) in [6.45, 7) is 4.70. The molecule has 0 spiro atoms. The van der Waals surface area contributed by atoms with Crippen LogP contribution in [0.2, 0.25) is 0 Å². The summed E-state index contributed by atoms with van der Waals surface area (Å²) in [6.07, 6.45) is 0. The topological polar surface area (TPSA) is 16.4 Å². The van der Waals surface area contributed by atoms with Gasteiger partial charge < -0.3 is 9.32 Å². The van der Waals surface area contributed by atoms with Gasteiger partial charge in [-0.05, 0) is 115 Å². The van der Waals surface area contributed by atoms with Gasteiger partial charge in [0.25, 0.3) is 0 Å². The number of furan rings is 1. The SMILES string of the molecule is CC1(C)c2ccccc2-c2ccc(N(c3ccc(-c4ccc5ccccc5c4)cc3)c3ccc(-c4cccc5oc6c7ccccc7ccc6c45)cc3)cc21. The van der Waals surface area contributed by atoms with Gasteiger partial charge >= 0.3 is 0 Å². The Morgan fingerprint density at radius 3 is 1.84 bits per heavy atom. The summed E-state index contributed by atoms with van der Waals surface area (Å²) in [5.74, 6) is 0. The van der Waals surface area contributed by atoms with E-state index < -0.39 is 0 Å². The van der Waals surface area contributed by atoms with Crippen LogP contribution in [0.25, 0.3) is 76.9 Å². The van der Waals surface area contributed by atoms with E-state index in [1.807, 2.05) is 0 Å². The van der Waals surface area contributed by atoms with Crippen molar-refractivity contribution in [2.75, 3.05) is 4.90 Å². The van der Waals surface area contributed by atoms with Gasteiger partial charge in [0.1, 0.15) is 11.2 Å². The van der Waals surface area contributed by atoms with Crippen molar-refractivity contribution in [1.29, 1.82) is 0 Å². The number of hydrogen-bond acceptors (Lipinski definition) is 2. The molecule has 1 heterocycles. The normalized spacial score (nSPS) is 13.1. The zero-order valence-electron chi connectivity index (χ0n) is 30.8. The Kier molecular flexibility index (Phi) is 6.93. The van der Waals surface area contributed by atoms with Crippen molar-refractivity contribution < 1.29 is 4.42 Å². The van der Waals surface area contributed by atoms with Crippen LogP contribution in [0.1, 0.15) is 25.0 Å². The van der Waals surface area contributed by atoms with Crippen LogP contribution in [0.3, 0.4) is 0 Å². The molecule has 0 atom stereocenters.